The summed E-state index contributed by atoms with van der Waals surface area (Å²) in [5, 5.41) is 0. The van der Waals surface area contributed by atoms with Crippen molar-refractivity contribution in [3.8, 4) is 0 Å². The summed E-state index contributed by atoms with van der Waals surface area (Å²) in [4.78, 5) is 17.2. The quantitative estimate of drug-likeness (QED) is 0.628. The number of piperidine rings is 1. The summed E-state index contributed by atoms with van der Waals surface area (Å²) in [7, 11) is 0. The smallest absolute Gasteiger partial charge is 0.359 e. The summed E-state index contributed by atoms with van der Waals surface area (Å²) in [5.74, 6) is 0.195. The van der Waals surface area contributed by atoms with Crippen molar-refractivity contribution in [2.24, 2.45) is 0 Å². The number of amides is 1. The maximum Gasteiger partial charge on any atom is 0.416 e. The zero-order chi connectivity index (χ0) is 21.9. The van der Waals surface area contributed by atoms with Gasteiger partial charge in [-0.1, -0.05) is 29.8 Å². The predicted octanol–water partition coefficient (Wildman–Crippen LogP) is 5.63. The normalized spacial score (nSPS) is 19.6. The number of anilines is 1. The van der Waals surface area contributed by atoms with Gasteiger partial charge in [0.1, 0.15) is 6.04 Å². The summed E-state index contributed by atoms with van der Waals surface area (Å²) in [5.41, 5.74) is 2.37. The third-order valence-electron chi connectivity index (χ3n) is 6.02. The highest BCUT2D eigenvalue weighted by Gasteiger charge is 2.36. The molecule has 1 unspecified atom stereocenters. The Morgan fingerprint density at radius 2 is 1.60 bits per heavy atom. The van der Waals surface area contributed by atoms with Gasteiger partial charge < -0.3 is 9.80 Å². The van der Waals surface area contributed by atoms with Gasteiger partial charge in [0.2, 0.25) is 5.91 Å². The maximum atomic E-state index is 13.2. The largest absolute Gasteiger partial charge is 0.416 e. The molecule has 1 saturated heterocycles. The van der Waals surface area contributed by atoms with Crippen LogP contribution in [-0.4, -0.2) is 36.5 Å². The molecule has 1 amide bonds. The lowest BCUT2D eigenvalue weighted by molar-refractivity contribution is -0.137. The third-order valence-corrected chi connectivity index (χ3v) is 6.02. The van der Waals surface area contributed by atoms with Crippen molar-refractivity contribution >= 4 is 11.6 Å². The van der Waals surface area contributed by atoms with Crippen LogP contribution in [0.4, 0.5) is 18.9 Å². The van der Waals surface area contributed by atoms with E-state index >= 15 is 0 Å². The minimum atomic E-state index is -4.33. The molecule has 0 radical (unpaired) electrons. The zero-order valence-electron chi connectivity index (χ0n) is 17.7. The van der Waals surface area contributed by atoms with Crippen molar-refractivity contribution in [2.75, 3.05) is 24.5 Å². The number of aryl methyl sites for hydroxylation is 1. The number of hydrogen-bond donors (Lipinski definition) is 0. The molecule has 2 aromatic carbocycles. The van der Waals surface area contributed by atoms with Crippen molar-refractivity contribution < 1.29 is 18.0 Å². The number of nitrogens with zero attached hydrogens (tertiary/aromatic N) is 2. The average molecular weight is 419 g/mol. The minimum absolute atomic E-state index is 0.0781. The first-order valence-electron chi connectivity index (χ1n) is 10.5. The van der Waals surface area contributed by atoms with Crippen molar-refractivity contribution in [1.29, 1.82) is 0 Å². The fraction of sp³-hybridized carbons (Fsp3) is 0.458. The lowest BCUT2D eigenvalue weighted by atomic mass is 9.86. The second kappa shape index (κ2) is 9.11. The van der Waals surface area contributed by atoms with Gasteiger partial charge >= 0.3 is 6.18 Å². The highest BCUT2D eigenvalue weighted by Crippen LogP contribution is 2.36. The molecule has 1 fully saturated rings. The number of hydrogen-bond acceptors (Lipinski definition) is 2. The molecule has 0 aliphatic carbocycles. The first kappa shape index (κ1) is 22.2. The Morgan fingerprint density at radius 3 is 2.13 bits per heavy atom. The van der Waals surface area contributed by atoms with Crippen molar-refractivity contribution in [2.45, 2.75) is 51.7 Å². The fourth-order valence-corrected chi connectivity index (χ4v) is 4.21. The summed E-state index contributed by atoms with van der Waals surface area (Å²) in [6.45, 7) is 7.90. The van der Waals surface area contributed by atoms with Crippen LogP contribution in [0, 0.1) is 6.92 Å². The molecule has 3 rings (SSSR count). The van der Waals surface area contributed by atoms with Gasteiger partial charge in [0.25, 0.3) is 0 Å². The van der Waals surface area contributed by atoms with E-state index in [0.717, 1.165) is 35.4 Å². The summed E-state index contributed by atoms with van der Waals surface area (Å²) >= 11 is 0. The number of likely N-dealkylation sites (N-methyl/N-ethyl adjacent to an activating group) is 1. The van der Waals surface area contributed by atoms with Crippen LogP contribution in [0.25, 0.3) is 0 Å². The number of carbonyl (C=O) groups excluding carboxylic acids is 1. The zero-order valence-corrected chi connectivity index (χ0v) is 17.7. The number of rotatable bonds is 5. The van der Waals surface area contributed by atoms with E-state index in [1.807, 2.05) is 49.9 Å². The monoisotopic (exact) mass is 418 g/mol. The summed E-state index contributed by atoms with van der Waals surface area (Å²) < 4.78 is 38.7. The van der Waals surface area contributed by atoms with Crippen LogP contribution in [0.5, 0.6) is 0 Å². The van der Waals surface area contributed by atoms with Gasteiger partial charge in [-0.2, -0.15) is 13.2 Å². The molecular weight excluding hydrogens is 389 g/mol. The molecular formula is C24H29F3N2O. The molecule has 2 aromatic rings. The van der Waals surface area contributed by atoms with Crippen LogP contribution in [-0.2, 0) is 11.0 Å². The van der Waals surface area contributed by atoms with Gasteiger partial charge in [0.15, 0.2) is 0 Å². The molecule has 0 saturated carbocycles. The van der Waals surface area contributed by atoms with Crippen LogP contribution < -0.4 is 4.90 Å². The second-order valence-corrected chi connectivity index (χ2v) is 7.91. The van der Waals surface area contributed by atoms with Gasteiger partial charge in [0.05, 0.1) is 5.56 Å². The Balaban J connectivity index is 1.88. The van der Waals surface area contributed by atoms with Crippen molar-refractivity contribution in [1.82, 2.24) is 4.90 Å². The van der Waals surface area contributed by atoms with Gasteiger partial charge in [-0.3, -0.25) is 4.79 Å². The third kappa shape index (κ3) is 4.79. The minimum Gasteiger partial charge on any atom is -0.359 e. The van der Waals surface area contributed by atoms with Gasteiger partial charge in [-0.05, 0) is 63.4 Å². The van der Waals surface area contributed by atoms with E-state index in [0.29, 0.717) is 26.1 Å². The molecule has 2 atom stereocenters. The Bertz CT molecular complexity index is 842. The van der Waals surface area contributed by atoms with E-state index < -0.39 is 11.7 Å². The predicted molar refractivity (Wildman–Crippen MR) is 114 cm³/mol. The SMILES string of the molecule is CCN(CC)C(=O)[C@@H]1CCC(c2ccc(C(F)(F)F)cc2)CN1c1ccc(C)cc1. The van der Waals surface area contributed by atoms with E-state index in [1.165, 1.54) is 0 Å². The Morgan fingerprint density at radius 1 is 1.00 bits per heavy atom. The average Bonchev–Trinajstić information content (AvgIpc) is 2.74. The standard InChI is InChI=1S/C24H29F3N2O/c1-4-28(5-2)23(30)22-15-10-19(16-29(22)21-13-6-17(3)7-14-21)18-8-11-20(12-9-18)24(25,26)27/h6-9,11-14,19,22H,4-5,10,15-16H2,1-3H3/t19?,22-/m0/s1. The molecule has 0 bridgehead atoms. The van der Waals surface area contributed by atoms with Crippen LogP contribution >= 0.6 is 0 Å². The second-order valence-electron chi connectivity index (χ2n) is 7.91. The first-order chi connectivity index (χ1) is 14.2. The number of halogens is 3. The van der Waals surface area contributed by atoms with Crippen LogP contribution in [0.3, 0.4) is 0 Å². The molecule has 3 nitrogen and oxygen atoms in total. The Labute approximate surface area is 176 Å². The van der Waals surface area contributed by atoms with Gasteiger partial charge in [0, 0.05) is 31.2 Å². The van der Waals surface area contributed by atoms with E-state index in [9.17, 15) is 18.0 Å². The topological polar surface area (TPSA) is 23.6 Å². The molecule has 1 aliphatic rings. The summed E-state index contributed by atoms with van der Waals surface area (Å²) in [6.07, 6.45) is -2.89. The van der Waals surface area contributed by atoms with Gasteiger partial charge in [-0.25, -0.2) is 0 Å². The van der Waals surface area contributed by atoms with Crippen molar-refractivity contribution in [3.63, 3.8) is 0 Å². The number of alkyl halides is 3. The number of carbonyl (C=O) groups is 1. The lowest BCUT2D eigenvalue weighted by Crippen LogP contribution is -2.52. The summed E-state index contributed by atoms with van der Waals surface area (Å²) in [6, 6.07) is 13.3. The van der Waals surface area contributed by atoms with Crippen molar-refractivity contribution in [3.05, 3.63) is 65.2 Å². The molecule has 1 aliphatic heterocycles. The molecule has 1 heterocycles. The van der Waals surface area contributed by atoms with E-state index in [1.54, 1.807) is 12.1 Å². The maximum absolute atomic E-state index is 13.2. The van der Waals surface area contributed by atoms with Gasteiger partial charge in [-0.15, -0.1) is 0 Å². The highest BCUT2D eigenvalue weighted by atomic mass is 19.4. The lowest BCUT2D eigenvalue weighted by Gasteiger charge is -2.42. The van der Waals surface area contributed by atoms with E-state index in [4.69, 9.17) is 0 Å². The first-order valence-corrected chi connectivity index (χ1v) is 10.5. The molecule has 6 heteroatoms. The Hall–Kier alpha value is -2.50. The molecule has 0 N–H and O–H groups in total. The van der Waals surface area contributed by atoms with Crippen LogP contribution in [0.15, 0.2) is 48.5 Å². The van der Waals surface area contributed by atoms with Crippen LogP contribution in [0.2, 0.25) is 0 Å². The van der Waals surface area contributed by atoms with E-state index in [2.05, 4.69) is 4.90 Å². The highest BCUT2D eigenvalue weighted by molar-refractivity contribution is 5.85. The number of benzene rings is 2. The van der Waals surface area contributed by atoms with E-state index in [-0.39, 0.29) is 17.9 Å². The molecule has 162 valence electrons. The fourth-order valence-electron chi connectivity index (χ4n) is 4.21. The molecule has 0 aromatic heterocycles. The molecule has 30 heavy (non-hydrogen) atoms. The Kier molecular flexibility index (Phi) is 6.74. The molecule has 0 spiro atoms. The van der Waals surface area contributed by atoms with Crippen LogP contribution in [0.1, 0.15) is 49.3 Å².